The van der Waals surface area contributed by atoms with Gasteiger partial charge in [-0.3, -0.25) is 4.79 Å². The van der Waals surface area contributed by atoms with E-state index >= 15 is 0 Å². The second-order valence-corrected chi connectivity index (χ2v) is 9.71. The van der Waals surface area contributed by atoms with E-state index < -0.39 is 10.0 Å². The average molecular weight is 451 g/mol. The number of benzene rings is 2. The average Bonchev–Trinajstić information content (AvgIpc) is 3.27. The summed E-state index contributed by atoms with van der Waals surface area (Å²) in [6, 6.07) is 13.5. The fourth-order valence-electron chi connectivity index (χ4n) is 3.02. The molecule has 1 aliphatic heterocycles. The standard InChI is InChI=1S/C21H26N2O5S2/c1-27-13-14-29-20-7-3-2-6-19(20)21(24)23-16-8-10-18(11-9-16)30(25,26)22-15-17-5-4-12-28-17/h2-3,6-11,17,22H,4-5,12-15H2,1H3,(H,23,24)/t17-/m0/s1. The van der Waals surface area contributed by atoms with Crippen molar-refractivity contribution in [3.63, 3.8) is 0 Å². The molecule has 9 heteroatoms. The zero-order valence-corrected chi connectivity index (χ0v) is 18.4. The molecule has 1 aliphatic rings. The van der Waals surface area contributed by atoms with Gasteiger partial charge in [0.2, 0.25) is 10.0 Å². The van der Waals surface area contributed by atoms with E-state index in [9.17, 15) is 13.2 Å². The Morgan fingerprint density at radius 3 is 2.67 bits per heavy atom. The van der Waals surface area contributed by atoms with Crippen LogP contribution in [0.5, 0.6) is 0 Å². The number of anilines is 1. The molecule has 0 spiro atoms. The van der Waals surface area contributed by atoms with Crippen LogP contribution in [0.3, 0.4) is 0 Å². The topological polar surface area (TPSA) is 93.7 Å². The molecule has 0 aliphatic carbocycles. The molecule has 2 N–H and O–H groups in total. The van der Waals surface area contributed by atoms with Crippen molar-refractivity contribution in [3.05, 3.63) is 54.1 Å². The molecule has 1 amide bonds. The smallest absolute Gasteiger partial charge is 0.256 e. The van der Waals surface area contributed by atoms with E-state index in [-0.39, 0.29) is 23.5 Å². The molecule has 0 saturated carbocycles. The van der Waals surface area contributed by atoms with Gasteiger partial charge in [0.1, 0.15) is 0 Å². The summed E-state index contributed by atoms with van der Waals surface area (Å²) in [6.07, 6.45) is 1.74. The molecule has 0 unspecified atom stereocenters. The van der Waals surface area contributed by atoms with E-state index in [0.29, 0.717) is 24.5 Å². The highest BCUT2D eigenvalue weighted by atomic mass is 32.2. The first-order valence-corrected chi connectivity index (χ1v) is 12.2. The quantitative estimate of drug-likeness (QED) is 0.427. The molecule has 1 atom stereocenters. The molecule has 1 heterocycles. The fourth-order valence-corrected chi connectivity index (χ4v) is 5.05. The predicted octanol–water partition coefficient (Wildman–Crippen LogP) is 3.13. The maximum atomic E-state index is 12.7. The van der Waals surface area contributed by atoms with E-state index in [1.807, 2.05) is 18.2 Å². The number of carbonyl (C=O) groups excluding carboxylic acids is 1. The van der Waals surface area contributed by atoms with E-state index in [4.69, 9.17) is 9.47 Å². The van der Waals surface area contributed by atoms with E-state index in [1.165, 1.54) is 12.1 Å². The molecule has 2 aromatic carbocycles. The Kier molecular flexibility index (Phi) is 8.29. The minimum atomic E-state index is -3.62. The molecule has 30 heavy (non-hydrogen) atoms. The zero-order valence-electron chi connectivity index (χ0n) is 16.8. The number of ether oxygens (including phenoxy) is 2. The Hall–Kier alpha value is -1.91. The summed E-state index contributed by atoms with van der Waals surface area (Å²) >= 11 is 1.55. The molecular weight excluding hydrogens is 424 g/mol. The molecule has 3 rings (SSSR count). The molecule has 2 aromatic rings. The molecule has 7 nitrogen and oxygen atoms in total. The molecule has 1 saturated heterocycles. The van der Waals surface area contributed by atoms with Crippen molar-refractivity contribution in [2.75, 3.05) is 37.9 Å². The van der Waals surface area contributed by atoms with Crippen molar-refractivity contribution in [1.29, 1.82) is 0 Å². The van der Waals surface area contributed by atoms with Gasteiger partial charge >= 0.3 is 0 Å². The second-order valence-electron chi connectivity index (χ2n) is 6.80. The number of rotatable bonds is 10. The zero-order chi connectivity index (χ0) is 21.4. The molecule has 1 fully saturated rings. The van der Waals surface area contributed by atoms with Gasteiger partial charge in [0.05, 0.1) is 23.2 Å². The normalized spacial score (nSPS) is 16.5. The lowest BCUT2D eigenvalue weighted by Gasteiger charge is -2.12. The first kappa shape index (κ1) is 22.8. The number of carbonyl (C=O) groups is 1. The third-order valence-corrected chi connectivity index (χ3v) is 7.10. The van der Waals surface area contributed by atoms with Crippen LogP contribution in [0.2, 0.25) is 0 Å². The summed E-state index contributed by atoms with van der Waals surface area (Å²) in [5.74, 6) is 0.495. The van der Waals surface area contributed by atoms with Gasteiger partial charge in [-0.25, -0.2) is 13.1 Å². The summed E-state index contributed by atoms with van der Waals surface area (Å²) in [6.45, 7) is 1.53. The van der Waals surface area contributed by atoms with E-state index in [0.717, 1.165) is 23.5 Å². The van der Waals surface area contributed by atoms with Crippen LogP contribution < -0.4 is 10.0 Å². The summed E-state index contributed by atoms with van der Waals surface area (Å²) in [5.41, 5.74) is 1.09. The maximum Gasteiger partial charge on any atom is 0.256 e. The predicted molar refractivity (Wildman–Crippen MR) is 118 cm³/mol. The van der Waals surface area contributed by atoms with Crippen molar-refractivity contribution >= 4 is 33.4 Å². The van der Waals surface area contributed by atoms with Crippen LogP contribution in [0.4, 0.5) is 5.69 Å². The molecule has 0 bridgehead atoms. The number of hydrogen-bond acceptors (Lipinski definition) is 6. The molecular formula is C21H26N2O5S2. The third-order valence-electron chi connectivity index (χ3n) is 4.62. The van der Waals surface area contributed by atoms with E-state index in [1.54, 1.807) is 37.1 Å². The van der Waals surface area contributed by atoms with Gasteiger partial charge in [0.25, 0.3) is 5.91 Å². The van der Waals surface area contributed by atoms with Gasteiger partial charge < -0.3 is 14.8 Å². The Morgan fingerprint density at radius 2 is 1.97 bits per heavy atom. The lowest BCUT2D eigenvalue weighted by atomic mass is 10.2. The highest BCUT2D eigenvalue weighted by Crippen LogP contribution is 2.24. The van der Waals surface area contributed by atoms with Crippen molar-refractivity contribution in [2.45, 2.75) is 28.7 Å². The Bertz CT molecular complexity index is 942. The first-order chi connectivity index (χ1) is 14.5. The van der Waals surface area contributed by atoms with Crippen molar-refractivity contribution in [1.82, 2.24) is 4.72 Å². The number of nitrogens with one attached hydrogen (secondary N) is 2. The highest BCUT2D eigenvalue weighted by Gasteiger charge is 2.20. The lowest BCUT2D eigenvalue weighted by Crippen LogP contribution is -2.31. The van der Waals surface area contributed by atoms with Gasteiger partial charge in [-0.1, -0.05) is 12.1 Å². The minimum Gasteiger partial charge on any atom is -0.384 e. The summed E-state index contributed by atoms with van der Waals surface area (Å²) in [5, 5.41) is 2.83. The summed E-state index contributed by atoms with van der Waals surface area (Å²) < 4.78 is 38.0. The molecule has 0 radical (unpaired) electrons. The van der Waals surface area contributed by atoms with Gasteiger partial charge in [-0.15, -0.1) is 11.8 Å². The Labute approximate surface area is 181 Å². The summed E-state index contributed by atoms with van der Waals surface area (Å²) in [7, 11) is -1.98. The number of amides is 1. The number of hydrogen-bond donors (Lipinski definition) is 2. The van der Waals surface area contributed by atoms with Gasteiger partial charge in [-0.05, 0) is 49.2 Å². The monoisotopic (exact) mass is 450 g/mol. The van der Waals surface area contributed by atoms with Crippen LogP contribution in [-0.2, 0) is 19.5 Å². The van der Waals surface area contributed by atoms with Crippen LogP contribution in [0.1, 0.15) is 23.2 Å². The second kappa shape index (κ2) is 10.9. The Balaban J connectivity index is 1.62. The maximum absolute atomic E-state index is 12.7. The number of methoxy groups -OCH3 is 1. The Morgan fingerprint density at radius 1 is 1.20 bits per heavy atom. The SMILES string of the molecule is COCCSc1ccccc1C(=O)Nc1ccc(S(=O)(=O)NC[C@@H]2CCCO2)cc1. The van der Waals surface area contributed by atoms with Gasteiger partial charge in [-0.2, -0.15) is 0 Å². The molecule has 162 valence electrons. The first-order valence-electron chi connectivity index (χ1n) is 9.73. The van der Waals surface area contributed by atoms with Gasteiger partial charge in [0.15, 0.2) is 0 Å². The van der Waals surface area contributed by atoms with Crippen molar-refractivity contribution in [2.24, 2.45) is 0 Å². The number of thioether (sulfide) groups is 1. The van der Waals surface area contributed by atoms with Gasteiger partial charge in [0, 0.05) is 36.6 Å². The van der Waals surface area contributed by atoms with E-state index in [2.05, 4.69) is 10.0 Å². The fraction of sp³-hybridized carbons (Fsp3) is 0.381. The highest BCUT2D eigenvalue weighted by molar-refractivity contribution is 7.99. The van der Waals surface area contributed by atoms with Crippen LogP contribution >= 0.6 is 11.8 Å². The minimum absolute atomic E-state index is 0.0693. The lowest BCUT2D eigenvalue weighted by molar-refractivity contribution is 0.102. The number of sulfonamides is 1. The third kappa shape index (κ3) is 6.29. The molecule has 0 aromatic heterocycles. The van der Waals surface area contributed by atoms with Crippen LogP contribution in [-0.4, -0.2) is 53.1 Å². The van der Waals surface area contributed by atoms with Crippen LogP contribution in [0.25, 0.3) is 0 Å². The summed E-state index contributed by atoms with van der Waals surface area (Å²) in [4.78, 5) is 13.7. The largest absolute Gasteiger partial charge is 0.384 e. The van der Waals surface area contributed by atoms with Crippen molar-refractivity contribution in [3.8, 4) is 0 Å². The van der Waals surface area contributed by atoms with Crippen LogP contribution in [0.15, 0.2) is 58.3 Å². The van der Waals surface area contributed by atoms with Crippen molar-refractivity contribution < 1.29 is 22.7 Å². The van der Waals surface area contributed by atoms with Crippen LogP contribution in [0, 0.1) is 0 Å².